The first-order chi connectivity index (χ1) is 12.4. The second-order valence-corrected chi connectivity index (χ2v) is 5.42. The van der Waals surface area contributed by atoms with E-state index < -0.39 is 10.8 Å². The van der Waals surface area contributed by atoms with Crippen LogP contribution in [0.5, 0.6) is 0 Å². The van der Waals surface area contributed by atoms with E-state index in [1.54, 1.807) is 50.2 Å². The van der Waals surface area contributed by atoms with Crippen molar-refractivity contribution in [3.05, 3.63) is 69.8 Å². The lowest BCUT2D eigenvalue weighted by molar-refractivity contribution is -0.384. The van der Waals surface area contributed by atoms with Crippen molar-refractivity contribution in [2.45, 2.75) is 20.3 Å². The number of carbonyl (C=O) groups is 2. The number of nitro benzene ring substituents is 1. The number of amides is 2. The average molecular weight is 354 g/mol. The van der Waals surface area contributed by atoms with Crippen LogP contribution in [0, 0.1) is 10.1 Å². The summed E-state index contributed by atoms with van der Waals surface area (Å²) < 4.78 is 0. The van der Waals surface area contributed by atoms with Crippen LogP contribution in [0.3, 0.4) is 0 Å². The number of hydrogen-bond donors (Lipinski definition) is 2. The van der Waals surface area contributed by atoms with Gasteiger partial charge in [0.25, 0.3) is 11.6 Å². The third-order valence-corrected chi connectivity index (χ3v) is 3.55. The number of nitrogens with zero attached hydrogens (tertiary/aromatic N) is 2. The van der Waals surface area contributed by atoms with Crippen LogP contribution in [0.1, 0.15) is 36.2 Å². The van der Waals surface area contributed by atoms with E-state index >= 15 is 0 Å². The molecule has 0 aliphatic heterocycles. The Morgan fingerprint density at radius 2 is 1.81 bits per heavy atom. The number of nitro groups is 1. The fourth-order valence-electron chi connectivity index (χ4n) is 2.06. The van der Waals surface area contributed by atoms with E-state index in [0.717, 1.165) is 0 Å². The van der Waals surface area contributed by atoms with E-state index in [2.05, 4.69) is 15.8 Å². The maximum absolute atomic E-state index is 12.1. The largest absolute Gasteiger partial charge is 0.326 e. The van der Waals surface area contributed by atoms with Crippen molar-refractivity contribution >= 4 is 28.9 Å². The molecule has 0 spiro atoms. The molecule has 0 aromatic heterocycles. The highest BCUT2D eigenvalue weighted by Crippen LogP contribution is 2.14. The minimum absolute atomic E-state index is 0.0481. The summed E-state index contributed by atoms with van der Waals surface area (Å²) in [7, 11) is 0. The van der Waals surface area contributed by atoms with Gasteiger partial charge in [-0.3, -0.25) is 19.7 Å². The smallest absolute Gasteiger partial charge is 0.271 e. The molecule has 2 N–H and O–H groups in total. The summed E-state index contributed by atoms with van der Waals surface area (Å²) in [5.74, 6) is -0.539. The van der Waals surface area contributed by atoms with Crippen LogP contribution in [0.4, 0.5) is 11.4 Å². The number of carbonyl (C=O) groups excluding carboxylic acids is 2. The van der Waals surface area contributed by atoms with Crippen molar-refractivity contribution in [3.8, 4) is 0 Å². The van der Waals surface area contributed by atoms with Gasteiger partial charge in [-0.1, -0.05) is 19.1 Å². The van der Waals surface area contributed by atoms with Crippen LogP contribution in [0.15, 0.2) is 53.6 Å². The van der Waals surface area contributed by atoms with Crippen molar-refractivity contribution < 1.29 is 14.5 Å². The van der Waals surface area contributed by atoms with Gasteiger partial charge in [-0.05, 0) is 31.2 Å². The van der Waals surface area contributed by atoms with Crippen LogP contribution in [-0.4, -0.2) is 22.4 Å². The summed E-state index contributed by atoms with van der Waals surface area (Å²) in [4.78, 5) is 33.8. The molecule has 0 saturated heterocycles. The molecule has 2 amide bonds. The minimum atomic E-state index is -0.492. The Balaban J connectivity index is 2.05. The molecule has 0 bridgehead atoms. The fraction of sp³-hybridized carbons (Fsp3) is 0.167. The lowest BCUT2D eigenvalue weighted by atomic mass is 10.1. The topological polar surface area (TPSA) is 114 Å². The Kier molecular flexibility index (Phi) is 6.15. The number of hydrogen-bond acceptors (Lipinski definition) is 5. The first kappa shape index (κ1) is 18.8. The quantitative estimate of drug-likeness (QED) is 0.471. The number of non-ortho nitro benzene ring substituents is 1. The van der Waals surface area contributed by atoms with Gasteiger partial charge in [0.15, 0.2) is 0 Å². The molecule has 0 saturated carbocycles. The van der Waals surface area contributed by atoms with Gasteiger partial charge in [0, 0.05) is 35.4 Å². The van der Waals surface area contributed by atoms with Crippen molar-refractivity contribution in [2.75, 3.05) is 5.32 Å². The highest BCUT2D eigenvalue weighted by Gasteiger charge is 2.09. The lowest BCUT2D eigenvalue weighted by Gasteiger charge is -2.06. The highest BCUT2D eigenvalue weighted by molar-refractivity contribution is 6.01. The van der Waals surface area contributed by atoms with Gasteiger partial charge >= 0.3 is 0 Å². The Hall–Kier alpha value is -3.55. The zero-order valence-electron chi connectivity index (χ0n) is 14.4. The molecule has 8 heteroatoms. The third-order valence-electron chi connectivity index (χ3n) is 3.55. The van der Waals surface area contributed by atoms with Crippen LogP contribution in [0.25, 0.3) is 0 Å². The van der Waals surface area contributed by atoms with Crippen LogP contribution in [-0.2, 0) is 4.79 Å². The maximum atomic E-state index is 12.1. The van der Waals surface area contributed by atoms with Gasteiger partial charge in [-0.25, -0.2) is 5.43 Å². The van der Waals surface area contributed by atoms with Gasteiger partial charge < -0.3 is 5.32 Å². The van der Waals surface area contributed by atoms with Crippen molar-refractivity contribution in [1.29, 1.82) is 0 Å². The molecule has 0 unspecified atom stereocenters. The second-order valence-electron chi connectivity index (χ2n) is 5.42. The summed E-state index contributed by atoms with van der Waals surface area (Å²) in [6, 6.07) is 12.4. The Morgan fingerprint density at radius 3 is 2.42 bits per heavy atom. The molecule has 0 aliphatic rings. The normalized spacial score (nSPS) is 10.9. The zero-order valence-corrected chi connectivity index (χ0v) is 14.4. The molecular formula is C18H18N4O4. The third kappa shape index (κ3) is 4.97. The van der Waals surface area contributed by atoms with Crippen LogP contribution >= 0.6 is 0 Å². The summed E-state index contributed by atoms with van der Waals surface area (Å²) in [5, 5.41) is 17.5. The molecule has 2 rings (SSSR count). The van der Waals surface area contributed by atoms with Crippen LogP contribution < -0.4 is 10.7 Å². The van der Waals surface area contributed by atoms with E-state index in [9.17, 15) is 19.7 Å². The number of nitrogens with one attached hydrogen (secondary N) is 2. The molecule has 0 fully saturated rings. The van der Waals surface area contributed by atoms with Gasteiger partial charge in [0.1, 0.15) is 0 Å². The molecule has 0 heterocycles. The van der Waals surface area contributed by atoms with E-state index in [1.165, 1.54) is 12.1 Å². The molecule has 8 nitrogen and oxygen atoms in total. The van der Waals surface area contributed by atoms with Gasteiger partial charge in [0.05, 0.1) is 10.6 Å². The average Bonchev–Trinajstić information content (AvgIpc) is 2.66. The summed E-state index contributed by atoms with van der Waals surface area (Å²) >= 11 is 0. The summed E-state index contributed by atoms with van der Waals surface area (Å²) in [6.07, 6.45) is 0.369. The SMILES string of the molecule is CCC(=O)Nc1ccc(C(=O)NN=C(C)c2cccc([N+](=O)[O-])c2)cc1. The van der Waals surface area contributed by atoms with E-state index in [-0.39, 0.29) is 11.6 Å². The second kappa shape index (κ2) is 8.52. The predicted molar refractivity (Wildman–Crippen MR) is 98.1 cm³/mol. The maximum Gasteiger partial charge on any atom is 0.271 e. The van der Waals surface area contributed by atoms with Gasteiger partial charge in [0.2, 0.25) is 5.91 Å². The monoisotopic (exact) mass is 354 g/mol. The lowest BCUT2D eigenvalue weighted by Crippen LogP contribution is -2.19. The minimum Gasteiger partial charge on any atom is -0.326 e. The van der Waals surface area contributed by atoms with E-state index in [1.807, 2.05) is 0 Å². The summed E-state index contributed by atoms with van der Waals surface area (Å²) in [6.45, 7) is 3.39. The molecule has 0 atom stereocenters. The van der Waals surface area contributed by atoms with Crippen LogP contribution in [0.2, 0.25) is 0 Å². The van der Waals surface area contributed by atoms with Crippen molar-refractivity contribution in [2.24, 2.45) is 5.10 Å². The molecule has 2 aromatic carbocycles. The molecule has 0 aliphatic carbocycles. The summed E-state index contributed by atoms with van der Waals surface area (Å²) in [5.41, 5.74) is 4.31. The first-order valence-electron chi connectivity index (χ1n) is 7.90. The Morgan fingerprint density at radius 1 is 1.12 bits per heavy atom. The predicted octanol–water partition coefficient (Wildman–Crippen LogP) is 3.10. The molecule has 134 valence electrons. The number of rotatable bonds is 6. The van der Waals surface area contributed by atoms with E-state index in [4.69, 9.17) is 0 Å². The van der Waals surface area contributed by atoms with Crippen molar-refractivity contribution in [3.63, 3.8) is 0 Å². The zero-order chi connectivity index (χ0) is 19.1. The van der Waals surface area contributed by atoms with Gasteiger partial charge in [-0.15, -0.1) is 0 Å². The number of anilines is 1. The Labute approximate surface area is 150 Å². The van der Waals surface area contributed by atoms with E-state index in [0.29, 0.717) is 28.9 Å². The molecule has 0 radical (unpaired) electrons. The number of benzene rings is 2. The molecule has 26 heavy (non-hydrogen) atoms. The Bertz CT molecular complexity index is 860. The van der Waals surface area contributed by atoms with Crippen molar-refractivity contribution in [1.82, 2.24) is 5.43 Å². The van der Waals surface area contributed by atoms with Gasteiger partial charge in [-0.2, -0.15) is 5.10 Å². The highest BCUT2D eigenvalue weighted by atomic mass is 16.6. The first-order valence-corrected chi connectivity index (χ1v) is 7.90. The number of hydrazone groups is 1. The molecule has 2 aromatic rings. The fourth-order valence-corrected chi connectivity index (χ4v) is 2.06. The molecular weight excluding hydrogens is 336 g/mol. The standard InChI is InChI=1S/C18H18N4O4/c1-3-17(23)19-15-9-7-13(8-10-15)18(24)21-20-12(2)14-5-4-6-16(11-14)22(25)26/h4-11H,3H2,1-2H3,(H,19,23)(H,21,24).